The van der Waals surface area contributed by atoms with E-state index >= 15 is 0 Å². The van der Waals surface area contributed by atoms with Gasteiger partial charge in [0.1, 0.15) is 11.5 Å². The van der Waals surface area contributed by atoms with E-state index in [2.05, 4.69) is 17.0 Å². The molecule has 0 aliphatic carbocycles. The van der Waals surface area contributed by atoms with Crippen molar-refractivity contribution in [1.29, 1.82) is 0 Å². The first-order valence-corrected chi connectivity index (χ1v) is 11.4. The fourth-order valence-corrected chi connectivity index (χ4v) is 4.53. The van der Waals surface area contributed by atoms with E-state index in [1.54, 1.807) is 18.2 Å². The van der Waals surface area contributed by atoms with Gasteiger partial charge in [-0.2, -0.15) is 0 Å². The molecule has 0 radical (unpaired) electrons. The maximum atomic E-state index is 12.7. The zero-order valence-corrected chi connectivity index (χ0v) is 19.8. The molecule has 0 bridgehead atoms. The molecule has 2 aromatic carbocycles. The molecule has 3 aromatic rings. The number of aromatic hydroxyl groups is 1. The van der Waals surface area contributed by atoms with Crippen molar-refractivity contribution in [1.82, 2.24) is 4.90 Å². The number of aliphatic hydroxyl groups is 1. The Labute approximate surface area is 203 Å². The number of fused-ring (bicyclic) bond motifs is 1. The summed E-state index contributed by atoms with van der Waals surface area (Å²) in [5, 5.41) is 20.4. The highest BCUT2D eigenvalue weighted by atomic mass is 16.5. The van der Waals surface area contributed by atoms with Gasteiger partial charge in [-0.15, -0.1) is 0 Å². The van der Waals surface area contributed by atoms with Crippen LogP contribution in [-0.4, -0.2) is 41.8 Å². The molecule has 4 rings (SSSR count). The van der Waals surface area contributed by atoms with Gasteiger partial charge in [0.2, 0.25) is 11.2 Å². The highest BCUT2D eigenvalue weighted by molar-refractivity contribution is 5.71. The molecule has 0 amide bonds. The number of hydrogen-bond acceptors (Lipinski definition) is 8. The minimum atomic E-state index is -0.798. The molecule has 0 fully saturated rings. The Morgan fingerprint density at radius 2 is 1.91 bits per heavy atom. The van der Waals surface area contributed by atoms with E-state index < -0.39 is 23.1 Å². The van der Waals surface area contributed by atoms with Gasteiger partial charge in [-0.25, -0.2) is 0 Å². The number of aliphatic hydroxyl groups excluding tert-OH is 1. The van der Waals surface area contributed by atoms with Crippen LogP contribution in [0.25, 0.3) is 0 Å². The van der Waals surface area contributed by atoms with Gasteiger partial charge >= 0.3 is 5.97 Å². The molecule has 35 heavy (non-hydrogen) atoms. The van der Waals surface area contributed by atoms with Gasteiger partial charge in [0, 0.05) is 24.7 Å². The summed E-state index contributed by atoms with van der Waals surface area (Å²) in [4.78, 5) is 27.1. The third-order valence-electron chi connectivity index (χ3n) is 6.38. The van der Waals surface area contributed by atoms with Crippen molar-refractivity contribution >= 4 is 5.97 Å². The average Bonchev–Trinajstić information content (AvgIpc) is 2.88. The molecule has 0 spiro atoms. The van der Waals surface area contributed by atoms with E-state index in [9.17, 15) is 19.8 Å². The minimum Gasteiger partial charge on any atom is -0.502 e. The maximum absolute atomic E-state index is 12.7. The zero-order chi connectivity index (χ0) is 24.9. The van der Waals surface area contributed by atoms with Crippen molar-refractivity contribution in [2.75, 3.05) is 20.8 Å². The lowest BCUT2D eigenvalue weighted by Gasteiger charge is -2.28. The Kier molecular flexibility index (Phi) is 7.53. The van der Waals surface area contributed by atoms with E-state index in [0.29, 0.717) is 29.2 Å². The fraction of sp³-hybridized carbons (Fsp3) is 0.333. The molecule has 1 aliphatic rings. The topological polar surface area (TPSA) is 109 Å². The normalized spacial score (nSPS) is 14.3. The van der Waals surface area contributed by atoms with E-state index in [1.165, 1.54) is 31.4 Å². The average molecular weight is 480 g/mol. The Bertz CT molecular complexity index is 1270. The maximum Gasteiger partial charge on any atom is 0.306 e. The Balaban J connectivity index is 1.70. The number of nitrogens with zero attached hydrogens (tertiary/aromatic N) is 1. The van der Waals surface area contributed by atoms with E-state index in [-0.39, 0.29) is 18.8 Å². The molecule has 1 unspecified atom stereocenters. The van der Waals surface area contributed by atoms with Crippen molar-refractivity contribution < 1.29 is 28.9 Å². The van der Waals surface area contributed by atoms with Gasteiger partial charge in [-0.05, 0) is 35.2 Å². The van der Waals surface area contributed by atoms with Crippen LogP contribution in [-0.2, 0) is 35.6 Å². The summed E-state index contributed by atoms with van der Waals surface area (Å²) in [6, 6.07) is 14.6. The van der Waals surface area contributed by atoms with Gasteiger partial charge in [-0.3, -0.25) is 14.5 Å². The summed E-state index contributed by atoms with van der Waals surface area (Å²) in [6.07, 6.45) is 0.733. The second kappa shape index (κ2) is 10.8. The Morgan fingerprint density at radius 1 is 1.14 bits per heavy atom. The van der Waals surface area contributed by atoms with Crippen LogP contribution in [0.5, 0.6) is 11.5 Å². The largest absolute Gasteiger partial charge is 0.502 e. The van der Waals surface area contributed by atoms with Crippen LogP contribution in [0.3, 0.4) is 0 Å². The van der Waals surface area contributed by atoms with Crippen LogP contribution < -0.4 is 10.2 Å². The summed E-state index contributed by atoms with van der Waals surface area (Å²) < 4.78 is 16.2. The lowest BCUT2D eigenvalue weighted by Crippen LogP contribution is -2.30. The van der Waals surface area contributed by atoms with Gasteiger partial charge in [0.25, 0.3) is 0 Å². The molecule has 1 atom stereocenters. The van der Waals surface area contributed by atoms with Crippen LogP contribution in [0, 0.1) is 0 Å². The summed E-state index contributed by atoms with van der Waals surface area (Å²) in [6.45, 7) is 1.63. The number of esters is 1. The smallest absolute Gasteiger partial charge is 0.306 e. The second-order valence-corrected chi connectivity index (χ2v) is 8.58. The predicted octanol–water partition coefficient (Wildman–Crippen LogP) is 3.10. The predicted molar refractivity (Wildman–Crippen MR) is 128 cm³/mol. The zero-order valence-electron chi connectivity index (χ0n) is 19.8. The Morgan fingerprint density at radius 3 is 2.63 bits per heavy atom. The molecule has 184 valence electrons. The van der Waals surface area contributed by atoms with Gasteiger partial charge in [0.05, 0.1) is 39.7 Å². The van der Waals surface area contributed by atoms with Crippen LogP contribution >= 0.6 is 0 Å². The monoisotopic (exact) mass is 479 g/mol. The number of rotatable bonds is 8. The Hall–Kier alpha value is -3.62. The van der Waals surface area contributed by atoms with Gasteiger partial charge in [0.15, 0.2) is 5.76 Å². The minimum absolute atomic E-state index is 0.00985. The van der Waals surface area contributed by atoms with Crippen LogP contribution in [0.2, 0.25) is 0 Å². The van der Waals surface area contributed by atoms with E-state index in [1.807, 2.05) is 12.1 Å². The van der Waals surface area contributed by atoms with Crippen molar-refractivity contribution in [3.05, 3.63) is 92.5 Å². The standard InChI is InChI=1S/C27H29NO7/c1-33-24-8-7-18(11-20(24)16-29)22(13-25(31)34-2)27-26(32)23(30)12-21(35-27)15-28-10-9-17-5-3-4-6-19(17)14-28/h3-8,11-12,22,29,32H,9-10,13-16H2,1-2H3. The molecule has 0 saturated heterocycles. The second-order valence-electron chi connectivity index (χ2n) is 8.58. The lowest BCUT2D eigenvalue weighted by atomic mass is 9.90. The summed E-state index contributed by atoms with van der Waals surface area (Å²) in [5.41, 5.74) is 3.05. The first-order chi connectivity index (χ1) is 16.9. The third-order valence-corrected chi connectivity index (χ3v) is 6.38. The first kappa shape index (κ1) is 24.5. The highest BCUT2D eigenvalue weighted by Gasteiger charge is 2.28. The van der Waals surface area contributed by atoms with Crippen LogP contribution in [0.15, 0.2) is 57.7 Å². The summed E-state index contributed by atoms with van der Waals surface area (Å²) in [5.74, 6) is -1.01. The molecule has 8 nitrogen and oxygen atoms in total. The number of hydrogen-bond donors (Lipinski definition) is 2. The number of carbonyl (C=O) groups is 1. The number of benzene rings is 2. The first-order valence-electron chi connectivity index (χ1n) is 11.4. The molecular weight excluding hydrogens is 450 g/mol. The number of ether oxygens (including phenoxy) is 2. The third kappa shape index (κ3) is 5.39. The highest BCUT2D eigenvalue weighted by Crippen LogP contribution is 2.36. The quantitative estimate of drug-likeness (QED) is 0.475. The number of carbonyl (C=O) groups excluding carboxylic acids is 1. The molecular formula is C27H29NO7. The number of methoxy groups -OCH3 is 2. The SMILES string of the molecule is COC(=O)CC(c1ccc(OC)c(CO)c1)c1oc(CN2CCc3ccccc3C2)cc(=O)c1O. The van der Waals surface area contributed by atoms with E-state index in [0.717, 1.165) is 19.5 Å². The van der Waals surface area contributed by atoms with Gasteiger partial charge < -0.3 is 24.1 Å². The van der Waals surface area contributed by atoms with Crippen molar-refractivity contribution in [3.8, 4) is 11.5 Å². The summed E-state index contributed by atoms with van der Waals surface area (Å²) in [7, 11) is 2.76. The van der Waals surface area contributed by atoms with Crippen molar-refractivity contribution in [2.45, 2.75) is 38.5 Å². The molecule has 0 saturated carbocycles. The van der Waals surface area contributed by atoms with E-state index in [4.69, 9.17) is 13.9 Å². The molecule has 1 aromatic heterocycles. The van der Waals surface area contributed by atoms with Crippen molar-refractivity contribution in [2.24, 2.45) is 0 Å². The lowest BCUT2D eigenvalue weighted by molar-refractivity contribution is -0.140. The molecule has 8 heteroatoms. The van der Waals surface area contributed by atoms with Crippen molar-refractivity contribution in [3.63, 3.8) is 0 Å². The molecule has 2 heterocycles. The summed E-state index contributed by atoms with van der Waals surface area (Å²) >= 11 is 0. The van der Waals surface area contributed by atoms with Crippen LogP contribution in [0.4, 0.5) is 0 Å². The fourth-order valence-electron chi connectivity index (χ4n) is 4.53. The molecule has 1 aliphatic heterocycles. The van der Waals surface area contributed by atoms with Gasteiger partial charge in [-0.1, -0.05) is 30.3 Å². The molecule has 2 N–H and O–H groups in total. The van der Waals surface area contributed by atoms with Crippen LogP contribution in [0.1, 0.15) is 46.1 Å².